The van der Waals surface area contributed by atoms with E-state index < -0.39 is 6.17 Å². The summed E-state index contributed by atoms with van der Waals surface area (Å²) in [6.45, 7) is 3.74. The molecule has 1 atom stereocenters. The van der Waals surface area contributed by atoms with E-state index in [0.717, 1.165) is 30.9 Å². The number of hydrogen-bond donors (Lipinski definition) is 0. The van der Waals surface area contributed by atoms with Crippen LogP contribution in [0.25, 0.3) is 0 Å². The number of ether oxygens (including phenoxy) is 1. The van der Waals surface area contributed by atoms with Crippen molar-refractivity contribution in [3.8, 4) is 0 Å². The Bertz CT molecular complexity index is 512. The molecule has 0 aromatic heterocycles. The lowest BCUT2D eigenvalue weighted by Gasteiger charge is -2.29. The van der Waals surface area contributed by atoms with Crippen molar-refractivity contribution in [3.05, 3.63) is 29.3 Å². The summed E-state index contributed by atoms with van der Waals surface area (Å²) in [4.78, 5) is 20.0. The molecule has 1 aromatic rings. The first-order valence-corrected chi connectivity index (χ1v) is 7.02. The molecular weight excluding hydrogens is 278 g/mol. The molecule has 0 aliphatic carbocycles. The van der Waals surface area contributed by atoms with Crippen molar-refractivity contribution in [3.63, 3.8) is 0 Å². The van der Waals surface area contributed by atoms with E-state index >= 15 is 0 Å². The third-order valence-corrected chi connectivity index (χ3v) is 3.82. The highest BCUT2D eigenvalue weighted by molar-refractivity contribution is 6.30. The number of carbonyl (C=O) groups excluding carboxylic acids is 1. The van der Waals surface area contributed by atoms with E-state index in [0.29, 0.717) is 24.8 Å². The van der Waals surface area contributed by atoms with Gasteiger partial charge in [0, 0.05) is 23.8 Å². The largest absolute Gasteiger partial charge is 0.378 e. The summed E-state index contributed by atoms with van der Waals surface area (Å²) in [6.07, 6.45) is 0.427. The Morgan fingerprint density at radius 3 is 2.60 bits per heavy atom. The lowest BCUT2D eigenvalue weighted by Crippen LogP contribution is -2.43. The Labute approximate surface area is 122 Å². The predicted molar refractivity (Wildman–Crippen MR) is 78.5 cm³/mol. The summed E-state index contributed by atoms with van der Waals surface area (Å²) in [6, 6.07) is 7.48. The van der Waals surface area contributed by atoms with Gasteiger partial charge < -0.3 is 14.5 Å². The van der Waals surface area contributed by atoms with Gasteiger partial charge in [-0.15, -0.1) is 0 Å². The minimum absolute atomic E-state index is 0.450. The fourth-order valence-corrected chi connectivity index (χ4v) is 2.62. The number of amidine groups is 1. The van der Waals surface area contributed by atoms with Gasteiger partial charge >= 0.3 is 0 Å². The van der Waals surface area contributed by atoms with Crippen molar-refractivity contribution >= 4 is 29.4 Å². The summed E-state index contributed by atoms with van der Waals surface area (Å²) < 4.78 is 5.34. The van der Waals surface area contributed by atoms with Crippen LogP contribution in [0.2, 0.25) is 5.02 Å². The molecule has 0 amide bonds. The smallest absolute Gasteiger partial charge is 0.179 e. The molecule has 2 aliphatic heterocycles. The Morgan fingerprint density at radius 1 is 1.25 bits per heavy atom. The molecule has 0 bridgehead atoms. The minimum Gasteiger partial charge on any atom is -0.378 e. The topological polar surface area (TPSA) is 45.1 Å². The fraction of sp³-hybridized carbons (Fsp3) is 0.429. The third-order valence-electron chi connectivity index (χ3n) is 3.57. The van der Waals surface area contributed by atoms with Gasteiger partial charge in [-0.1, -0.05) is 11.6 Å². The van der Waals surface area contributed by atoms with Gasteiger partial charge in [-0.05, 0) is 24.3 Å². The van der Waals surface area contributed by atoms with Crippen LogP contribution in [0.4, 0.5) is 5.69 Å². The van der Waals surface area contributed by atoms with E-state index in [9.17, 15) is 4.79 Å². The van der Waals surface area contributed by atoms with Crippen LogP contribution in [-0.4, -0.2) is 56.0 Å². The molecule has 1 aromatic carbocycles. The van der Waals surface area contributed by atoms with Crippen LogP contribution in [0.3, 0.4) is 0 Å². The Hall–Kier alpha value is -1.59. The molecule has 6 heteroatoms. The molecule has 0 saturated carbocycles. The number of aldehydes is 1. The maximum atomic E-state index is 11.3. The van der Waals surface area contributed by atoms with E-state index in [2.05, 4.69) is 9.89 Å². The second-order valence-corrected chi connectivity index (χ2v) is 5.24. The Balaban J connectivity index is 1.77. The first kappa shape index (κ1) is 13.4. The van der Waals surface area contributed by atoms with Crippen molar-refractivity contribution < 1.29 is 9.53 Å². The van der Waals surface area contributed by atoms with Crippen molar-refractivity contribution in [2.24, 2.45) is 4.99 Å². The maximum absolute atomic E-state index is 11.3. The van der Waals surface area contributed by atoms with Crippen molar-refractivity contribution in [2.45, 2.75) is 6.17 Å². The van der Waals surface area contributed by atoms with Gasteiger partial charge in [-0.2, -0.15) is 0 Å². The maximum Gasteiger partial charge on any atom is 0.179 e. The third kappa shape index (κ3) is 2.64. The predicted octanol–water partition coefficient (Wildman–Crippen LogP) is 1.42. The molecule has 2 heterocycles. The van der Waals surface area contributed by atoms with Gasteiger partial charge in [-0.3, -0.25) is 4.79 Å². The van der Waals surface area contributed by atoms with Crippen LogP contribution in [0.15, 0.2) is 29.3 Å². The van der Waals surface area contributed by atoms with Gasteiger partial charge in [0.15, 0.2) is 12.5 Å². The highest BCUT2D eigenvalue weighted by Crippen LogP contribution is 2.24. The number of hydrogen-bond acceptors (Lipinski definition) is 5. The molecule has 2 aliphatic rings. The van der Waals surface area contributed by atoms with Gasteiger partial charge in [0.2, 0.25) is 0 Å². The molecule has 106 valence electrons. The standard InChI is InChI=1S/C14H16ClN3O2/c15-11-1-3-12(4-2-11)18-9-13(16-14(18)10-19)17-5-7-20-8-6-17/h1-4,10,14H,5-9H2. The number of nitrogens with zero attached hydrogens (tertiary/aromatic N) is 3. The lowest BCUT2D eigenvalue weighted by atomic mass is 10.2. The SMILES string of the molecule is O=CC1N=C(N2CCOCC2)CN1c1ccc(Cl)cc1. The van der Waals surface area contributed by atoms with Crippen LogP contribution in [0.5, 0.6) is 0 Å². The van der Waals surface area contributed by atoms with Crippen LogP contribution in [0.1, 0.15) is 0 Å². The number of benzene rings is 1. The lowest BCUT2D eigenvalue weighted by molar-refractivity contribution is -0.108. The monoisotopic (exact) mass is 293 g/mol. The summed E-state index contributed by atoms with van der Waals surface area (Å²) in [5, 5.41) is 0.685. The van der Waals surface area contributed by atoms with Crippen LogP contribution < -0.4 is 4.90 Å². The van der Waals surface area contributed by atoms with Crippen LogP contribution in [0, 0.1) is 0 Å². The van der Waals surface area contributed by atoms with Crippen molar-refractivity contribution in [2.75, 3.05) is 37.7 Å². The number of carbonyl (C=O) groups is 1. The van der Waals surface area contributed by atoms with Gasteiger partial charge in [0.1, 0.15) is 5.84 Å². The van der Waals surface area contributed by atoms with E-state index in [1.54, 1.807) is 0 Å². The summed E-state index contributed by atoms with van der Waals surface area (Å²) in [7, 11) is 0. The van der Waals surface area contributed by atoms with Crippen molar-refractivity contribution in [1.82, 2.24) is 4.90 Å². The molecule has 20 heavy (non-hydrogen) atoms. The van der Waals surface area contributed by atoms with E-state index in [1.807, 2.05) is 29.2 Å². The average Bonchev–Trinajstić information content (AvgIpc) is 2.93. The quantitative estimate of drug-likeness (QED) is 0.774. The first-order valence-electron chi connectivity index (χ1n) is 6.65. The Morgan fingerprint density at radius 2 is 1.95 bits per heavy atom. The number of aliphatic imine (C=N–C) groups is 1. The molecule has 0 radical (unpaired) electrons. The summed E-state index contributed by atoms with van der Waals surface area (Å²) in [5.74, 6) is 0.959. The molecule has 3 rings (SSSR count). The van der Waals surface area contributed by atoms with Crippen LogP contribution >= 0.6 is 11.6 Å². The molecule has 1 unspecified atom stereocenters. The van der Waals surface area contributed by atoms with E-state index in [1.165, 1.54) is 0 Å². The van der Waals surface area contributed by atoms with E-state index in [-0.39, 0.29) is 0 Å². The normalized spacial score (nSPS) is 22.9. The zero-order valence-corrected chi connectivity index (χ0v) is 11.8. The number of morpholine rings is 1. The van der Waals surface area contributed by atoms with Gasteiger partial charge in [-0.25, -0.2) is 4.99 Å². The fourth-order valence-electron chi connectivity index (χ4n) is 2.49. The van der Waals surface area contributed by atoms with E-state index in [4.69, 9.17) is 16.3 Å². The number of halogens is 1. The van der Waals surface area contributed by atoms with Crippen molar-refractivity contribution in [1.29, 1.82) is 0 Å². The second kappa shape index (κ2) is 5.81. The highest BCUT2D eigenvalue weighted by Gasteiger charge is 2.29. The van der Waals surface area contributed by atoms with Gasteiger partial charge in [0.05, 0.1) is 19.8 Å². The first-order chi connectivity index (χ1) is 9.78. The molecule has 5 nitrogen and oxygen atoms in total. The highest BCUT2D eigenvalue weighted by atomic mass is 35.5. The van der Waals surface area contributed by atoms with Crippen LogP contribution in [-0.2, 0) is 9.53 Å². The zero-order chi connectivity index (χ0) is 13.9. The average molecular weight is 294 g/mol. The Kier molecular flexibility index (Phi) is 3.89. The molecule has 0 spiro atoms. The molecule has 1 saturated heterocycles. The number of rotatable bonds is 2. The molecule has 0 N–H and O–H groups in total. The number of anilines is 1. The van der Waals surface area contributed by atoms with Gasteiger partial charge in [0.25, 0.3) is 0 Å². The summed E-state index contributed by atoms with van der Waals surface area (Å²) >= 11 is 5.90. The summed E-state index contributed by atoms with van der Waals surface area (Å²) in [5.41, 5.74) is 0.957. The zero-order valence-electron chi connectivity index (χ0n) is 11.0. The molecular formula is C14H16ClN3O2. The second-order valence-electron chi connectivity index (χ2n) is 4.80. The molecule has 1 fully saturated rings. The minimum atomic E-state index is -0.450.